The smallest absolute Gasteiger partial charge is 0.255 e. The standard InChI is InChI=1S/C21H23ClN2O4/c1-3-24(14(2)25)13-15-6-4-7-17(10-15)23-21(26)16-11-18(22)20-19(12-16)27-8-5-9-28-20/h4,6-7,10-12H,3,5,8-9,13H2,1-2H3,(H,23,26). The minimum absolute atomic E-state index is 0.0128. The molecule has 28 heavy (non-hydrogen) atoms. The minimum Gasteiger partial charge on any atom is -0.489 e. The van der Waals surface area contributed by atoms with Crippen LogP contribution in [-0.4, -0.2) is 36.5 Å². The second kappa shape index (κ2) is 8.97. The Morgan fingerprint density at radius 3 is 2.71 bits per heavy atom. The topological polar surface area (TPSA) is 67.9 Å². The van der Waals surface area contributed by atoms with Crippen LogP contribution in [0.4, 0.5) is 5.69 Å². The summed E-state index contributed by atoms with van der Waals surface area (Å²) in [5.41, 5.74) is 1.97. The van der Waals surface area contributed by atoms with Crippen LogP contribution in [0.1, 0.15) is 36.2 Å². The van der Waals surface area contributed by atoms with Crippen LogP contribution in [-0.2, 0) is 11.3 Å². The maximum absolute atomic E-state index is 12.7. The van der Waals surface area contributed by atoms with Crippen molar-refractivity contribution in [1.82, 2.24) is 4.90 Å². The van der Waals surface area contributed by atoms with E-state index in [2.05, 4.69) is 5.32 Å². The summed E-state index contributed by atoms with van der Waals surface area (Å²) >= 11 is 6.27. The highest BCUT2D eigenvalue weighted by Crippen LogP contribution is 2.38. The predicted molar refractivity (Wildman–Crippen MR) is 108 cm³/mol. The lowest BCUT2D eigenvalue weighted by atomic mass is 10.1. The van der Waals surface area contributed by atoms with Crippen molar-refractivity contribution < 1.29 is 19.1 Å². The summed E-state index contributed by atoms with van der Waals surface area (Å²) in [7, 11) is 0. The zero-order valence-electron chi connectivity index (χ0n) is 16.0. The molecular formula is C21H23ClN2O4. The van der Waals surface area contributed by atoms with Gasteiger partial charge in [-0.25, -0.2) is 0 Å². The number of ether oxygens (including phenoxy) is 2. The molecule has 2 aromatic carbocycles. The van der Waals surface area contributed by atoms with Gasteiger partial charge < -0.3 is 19.7 Å². The molecule has 148 valence electrons. The maximum atomic E-state index is 12.7. The van der Waals surface area contributed by atoms with Gasteiger partial charge in [-0.1, -0.05) is 23.7 Å². The molecule has 2 amide bonds. The van der Waals surface area contributed by atoms with Crippen LogP contribution in [0, 0.1) is 0 Å². The molecule has 0 saturated heterocycles. The van der Waals surface area contributed by atoms with Crippen LogP contribution in [0.25, 0.3) is 0 Å². The lowest BCUT2D eigenvalue weighted by molar-refractivity contribution is -0.129. The molecule has 0 aromatic heterocycles. The van der Waals surface area contributed by atoms with Gasteiger partial charge in [0.05, 0.1) is 18.2 Å². The molecule has 0 fully saturated rings. The van der Waals surface area contributed by atoms with E-state index in [0.717, 1.165) is 12.0 Å². The molecule has 1 aliphatic rings. The van der Waals surface area contributed by atoms with Crippen molar-refractivity contribution in [3.05, 3.63) is 52.5 Å². The zero-order valence-corrected chi connectivity index (χ0v) is 16.7. The molecule has 0 spiro atoms. The van der Waals surface area contributed by atoms with Gasteiger partial charge in [-0.15, -0.1) is 0 Å². The van der Waals surface area contributed by atoms with Crippen molar-refractivity contribution in [2.24, 2.45) is 0 Å². The van der Waals surface area contributed by atoms with Crippen molar-refractivity contribution in [2.45, 2.75) is 26.8 Å². The number of anilines is 1. The molecule has 3 rings (SSSR count). The van der Waals surface area contributed by atoms with Crippen LogP contribution in [0.3, 0.4) is 0 Å². The fourth-order valence-corrected chi connectivity index (χ4v) is 3.24. The molecular weight excluding hydrogens is 380 g/mol. The average Bonchev–Trinajstić information content (AvgIpc) is 2.92. The molecule has 1 aliphatic heterocycles. The molecule has 0 bridgehead atoms. The Morgan fingerprint density at radius 1 is 1.18 bits per heavy atom. The van der Waals surface area contributed by atoms with E-state index < -0.39 is 0 Å². The Morgan fingerprint density at radius 2 is 1.96 bits per heavy atom. The van der Waals surface area contributed by atoms with E-state index in [4.69, 9.17) is 21.1 Å². The van der Waals surface area contributed by atoms with Crippen molar-refractivity contribution in [2.75, 3.05) is 25.1 Å². The Kier molecular flexibility index (Phi) is 6.41. The number of nitrogens with zero attached hydrogens (tertiary/aromatic N) is 1. The number of hydrogen-bond donors (Lipinski definition) is 1. The Labute approximate surface area is 169 Å². The quantitative estimate of drug-likeness (QED) is 0.816. The third kappa shape index (κ3) is 4.75. The molecule has 1 heterocycles. The molecule has 2 aromatic rings. The second-order valence-electron chi connectivity index (χ2n) is 6.52. The molecule has 1 N–H and O–H groups in total. The number of fused-ring (bicyclic) bond motifs is 1. The number of halogens is 1. The largest absolute Gasteiger partial charge is 0.489 e. The van der Waals surface area contributed by atoms with Crippen LogP contribution in [0.2, 0.25) is 5.02 Å². The number of amides is 2. The third-order valence-electron chi connectivity index (χ3n) is 4.45. The number of hydrogen-bond acceptors (Lipinski definition) is 4. The van der Waals surface area contributed by atoms with E-state index in [-0.39, 0.29) is 11.8 Å². The number of benzene rings is 2. The van der Waals surface area contributed by atoms with Crippen LogP contribution in [0.15, 0.2) is 36.4 Å². The molecule has 0 saturated carbocycles. The van der Waals surface area contributed by atoms with E-state index in [0.29, 0.717) is 54.1 Å². The summed E-state index contributed by atoms with van der Waals surface area (Å²) < 4.78 is 11.2. The molecule has 0 aliphatic carbocycles. The number of rotatable bonds is 5. The van der Waals surface area contributed by atoms with E-state index >= 15 is 0 Å². The summed E-state index contributed by atoms with van der Waals surface area (Å²) in [6.45, 7) is 5.64. The SMILES string of the molecule is CCN(Cc1cccc(NC(=O)c2cc(Cl)c3c(c2)OCCCO3)c1)C(C)=O. The highest BCUT2D eigenvalue weighted by Gasteiger charge is 2.18. The van der Waals surface area contributed by atoms with Gasteiger partial charge >= 0.3 is 0 Å². The minimum atomic E-state index is -0.298. The van der Waals surface area contributed by atoms with Crippen LogP contribution in [0.5, 0.6) is 11.5 Å². The average molecular weight is 403 g/mol. The van der Waals surface area contributed by atoms with Gasteiger partial charge in [-0.2, -0.15) is 0 Å². The van der Waals surface area contributed by atoms with Crippen molar-refractivity contribution in [3.8, 4) is 11.5 Å². The lowest BCUT2D eigenvalue weighted by Crippen LogP contribution is -2.27. The number of nitrogens with one attached hydrogen (secondary N) is 1. The fraction of sp³-hybridized carbons (Fsp3) is 0.333. The normalized spacial score (nSPS) is 12.8. The molecule has 0 radical (unpaired) electrons. The second-order valence-corrected chi connectivity index (χ2v) is 6.93. The highest BCUT2D eigenvalue weighted by atomic mass is 35.5. The van der Waals surface area contributed by atoms with E-state index in [9.17, 15) is 9.59 Å². The first-order valence-electron chi connectivity index (χ1n) is 9.23. The van der Waals surface area contributed by atoms with Crippen molar-refractivity contribution >= 4 is 29.1 Å². The van der Waals surface area contributed by atoms with E-state index in [1.54, 1.807) is 30.0 Å². The summed E-state index contributed by atoms with van der Waals surface area (Å²) in [5, 5.41) is 3.22. The zero-order chi connectivity index (χ0) is 20.1. The lowest BCUT2D eigenvalue weighted by Gasteiger charge is -2.19. The van der Waals surface area contributed by atoms with E-state index in [1.807, 2.05) is 25.1 Å². The molecule has 0 unspecified atom stereocenters. The summed E-state index contributed by atoms with van der Waals surface area (Å²) in [5.74, 6) is 0.665. The first kappa shape index (κ1) is 20.0. The first-order valence-corrected chi connectivity index (χ1v) is 9.60. The van der Waals surface area contributed by atoms with Gasteiger partial charge in [0.1, 0.15) is 0 Å². The van der Waals surface area contributed by atoms with Crippen LogP contribution >= 0.6 is 11.6 Å². The number of carbonyl (C=O) groups is 2. The molecule has 7 heteroatoms. The summed E-state index contributed by atoms with van der Waals surface area (Å²) in [6, 6.07) is 10.6. The summed E-state index contributed by atoms with van der Waals surface area (Å²) in [4.78, 5) is 26.1. The first-order chi connectivity index (χ1) is 13.5. The van der Waals surface area contributed by atoms with E-state index in [1.165, 1.54) is 0 Å². The third-order valence-corrected chi connectivity index (χ3v) is 4.73. The van der Waals surface area contributed by atoms with Gasteiger partial charge in [-0.05, 0) is 36.8 Å². The van der Waals surface area contributed by atoms with Gasteiger partial charge in [0.2, 0.25) is 5.91 Å². The van der Waals surface area contributed by atoms with Crippen molar-refractivity contribution in [3.63, 3.8) is 0 Å². The summed E-state index contributed by atoms with van der Waals surface area (Å²) in [6.07, 6.45) is 0.758. The predicted octanol–water partition coefficient (Wildman–Crippen LogP) is 4.12. The Hall–Kier alpha value is -2.73. The van der Waals surface area contributed by atoms with Crippen LogP contribution < -0.4 is 14.8 Å². The fourth-order valence-electron chi connectivity index (χ4n) is 2.98. The van der Waals surface area contributed by atoms with Gasteiger partial charge in [0, 0.05) is 37.7 Å². The van der Waals surface area contributed by atoms with Gasteiger partial charge in [-0.3, -0.25) is 9.59 Å². The molecule has 6 nitrogen and oxygen atoms in total. The monoisotopic (exact) mass is 402 g/mol. The Bertz CT molecular complexity index is 885. The van der Waals surface area contributed by atoms with Gasteiger partial charge in [0.15, 0.2) is 11.5 Å². The molecule has 0 atom stereocenters. The maximum Gasteiger partial charge on any atom is 0.255 e. The Balaban J connectivity index is 1.76. The van der Waals surface area contributed by atoms with Crippen molar-refractivity contribution in [1.29, 1.82) is 0 Å². The highest BCUT2D eigenvalue weighted by molar-refractivity contribution is 6.32. The van der Waals surface area contributed by atoms with Gasteiger partial charge in [0.25, 0.3) is 5.91 Å². The number of carbonyl (C=O) groups excluding carboxylic acids is 2.